The Morgan fingerprint density at radius 3 is 2.50 bits per heavy atom. The van der Waals surface area contributed by atoms with Gasteiger partial charge >= 0.3 is 0 Å². The number of nitrogens with two attached hydrogens (primary N) is 1. The third-order valence-corrected chi connectivity index (χ3v) is 3.84. The van der Waals surface area contributed by atoms with Gasteiger partial charge < -0.3 is 10.5 Å². The zero-order valence-electron chi connectivity index (χ0n) is 13.2. The summed E-state index contributed by atoms with van der Waals surface area (Å²) in [6, 6.07) is 0. The van der Waals surface area contributed by atoms with Gasteiger partial charge in [0.15, 0.2) is 5.82 Å². The molecule has 112 valence electrons. The molecule has 1 aliphatic carbocycles. The molecule has 20 heavy (non-hydrogen) atoms. The van der Waals surface area contributed by atoms with Crippen LogP contribution in [0.25, 0.3) is 0 Å². The number of rotatable bonds is 3. The Morgan fingerprint density at radius 2 is 1.85 bits per heavy atom. The Labute approximate surface area is 122 Å². The van der Waals surface area contributed by atoms with Gasteiger partial charge in [-0.15, -0.1) is 0 Å². The monoisotopic (exact) mass is 277 g/mol. The Bertz CT molecular complexity index is 466. The number of hydrogen-bond acceptors (Lipinski definition) is 4. The second-order valence-corrected chi connectivity index (χ2v) is 6.65. The summed E-state index contributed by atoms with van der Waals surface area (Å²) < 4.78 is 5.89. The highest BCUT2D eigenvalue weighted by Gasteiger charge is 2.30. The minimum absolute atomic E-state index is 0.0403. The molecule has 0 amide bonds. The third-order valence-electron chi connectivity index (χ3n) is 3.84. The summed E-state index contributed by atoms with van der Waals surface area (Å²) in [5.74, 6) is 1.40. The quantitative estimate of drug-likeness (QED) is 0.860. The van der Waals surface area contributed by atoms with E-state index in [4.69, 9.17) is 15.5 Å². The molecule has 1 heterocycles. The van der Waals surface area contributed by atoms with Gasteiger partial charge in [0.25, 0.3) is 0 Å². The first-order valence-electron chi connectivity index (χ1n) is 7.70. The summed E-state index contributed by atoms with van der Waals surface area (Å²) in [6.45, 7) is 9.11. The van der Waals surface area contributed by atoms with Crippen LogP contribution in [0.3, 0.4) is 0 Å². The zero-order chi connectivity index (χ0) is 14.8. The van der Waals surface area contributed by atoms with E-state index >= 15 is 0 Å². The molecule has 2 N–H and O–H groups in total. The highest BCUT2D eigenvalue weighted by molar-refractivity contribution is 5.43. The molecular formula is C16H27N3O. The molecule has 0 aliphatic heterocycles. The SMILES string of the molecule is CCOC(c1nc(N)c2c(n1)CCCCC2)C(C)(C)C. The maximum atomic E-state index is 6.18. The van der Waals surface area contributed by atoms with E-state index in [1.165, 1.54) is 19.3 Å². The van der Waals surface area contributed by atoms with Crippen molar-refractivity contribution in [3.05, 3.63) is 17.1 Å². The molecule has 0 saturated carbocycles. The van der Waals surface area contributed by atoms with Crippen molar-refractivity contribution < 1.29 is 4.74 Å². The van der Waals surface area contributed by atoms with Crippen LogP contribution in [-0.4, -0.2) is 16.6 Å². The van der Waals surface area contributed by atoms with Crippen molar-refractivity contribution in [2.45, 2.75) is 65.9 Å². The molecule has 1 aromatic rings. The van der Waals surface area contributed by atoms with Crippen LogP contribution < -0.4 is 5.73 Å². The van der Waals surface area contributed by atoms with E-state index in [0.29, 0.717) is 12.4 Å². The molecule has 4 heteroatoms. The van der Waals surface area contributed by atoms with Crippen LogP contribution in [0.4, 0.5) is 5.82 Å². The van der Waals surface area contributed by atoms with Crippen molar-refractivity contribution in [2.24, 2.45) is 5.41 Å². The minimum Gasteiger partial charge on any atom is -0.383 e. The number of fused-ring (bicyclic) bond motifs is 1. The van der Waals surface area contributed by atoms with Gasteiger partial charge in [0.2, 0.25) is 0 Å². The van der Waals surface area contributed by atoms with E-state index in [-0.39, 0.29) is 11.5 Å². The molecule has 0 bridgehead atoms. The van der Waals surface area contributed by atoms with Crippen molar-refractivity contribution >= 4 is 5.82 Å². The van der Waals surface area contributed by atoms with Gasteiger partial charge in [0, 0.05) is 17.9 Å². The van der Waals surface area contributed by atoms with Gasteiger partial charge in [0.1, 0.15) is 11.9 Å². The normalized spacial score (nSPS) is 17.4. The highest BCUT2D eigenvalue weighted by atomic mass is 16.5. The molecule has 1 aromatic heterocycles. The van der Waals surface area contributed by atoms with Crippen molar-refractivity contribution in [1.29, 1.82) is 0 Å². The van der Waals surface area contributed by atoms with Crippen molar-refractivity contribution in [1.82, 2.24) is 9.97 Å². The van der Waals surface area contributed by atoms with Crippen molar-refractivity contribution in [2.75, 3.05) is 12.3 Å². The van der Waals surface area contributed by atoms with E-state index in [9.17, 15) is 0 Å². The van der Waals surface area contributed by atoms with Gasteiger partial charge in [0.05, 0.1) is 0 Å². The molecule has 1 atom stereocenters. The summed E-state index contributed by atoms with van der Waals surface area (Å²) in [6.07, 6.45) is 5.54. The largest absolute Gasteiger partial charge is 0.383 e. The van der Waals surface area contributed by atoms with Crippen LogP contribution in [0.2, 0.25) is 0 Å². The molecule has 1 aliphatic rings. The predicted molar refractivity (Wildman–Crippen MR) is 81.5 cm³/mol. The Hall–Kier alpha value is -1.16. The number of aryl methyl sites for hydroxylation is 1. The lowest BCUT2D eigenvalue weighted by Gasteiger charge is -2.29. The molecule has 4 nitrogen and oxygen atoms in total. The van der Waals surface area contributed by atoms with Gasteiger partial charge in [-0.05, 0) is 38.0 Å². The number of anilines is 1. The topological polar surface area (TPSA) is 61.0 Å². The zero-order valence-corrected chi connectivity index (χ0v) is 13.2. The van der Waals surface area contributed by atoms with Gasteiger partial charge in [-0.2, -0.15) is 0 Å². The van der Waals surface area contributed by atoms with Crippen LogP contribution in [-0.2, 0) is 17.6 Å². The van der Waals surface area contributed by atoms with E-state index in [1.807, 2.05) is 6.92 Å². The van der Waals surface area contributed by atoms with Gasteiger partial charge in [-0.3, -0.25) is 0 Å². The summed E-state index contributed by atoms with van der Waals surface area (Å²) in [5.41, 5.74) is 8.44. The average Bonchev–Trinajstić information content (AvgIpc) is 2.60. The summed E-state index contributed by atoms with van der Waals surface area (Å²) in [5, 5.41) is 0. The van der Waals surface area contributed by atoms with Crippen molar-refractivity contribution in [3.63, 3.8) is 0 Å². The fourth-order valence-corrected chi connectivity index (χ4v) is 2.82. The molecular weight excluding hydrogens is 250 g/mol. The van der Waals surface area contributed by atoms with Crippen LogP contribution in [0.15, 0.2) is 0 Å². The van der Waals surface area contributed by atoms with E-state index in [2.05, 4.69) is 25.8 Å². The smallest absolute Gasteiger partial charge is 0.160 e. The summed E-state index contributed by atoms with van der Waals surface area (Å²) >= 11 is 0. The third kappa shape index (κ3) is 3.29. The number of nitrogen functional groups attached to an aromatic ring is 1. The first-order valence-corrected chi connectivity index (χ1v) is 7.70. The first-order chi connectivity index (χ1) is 9.43. The molecule has 0 saturated heterocycles. The predicted octanol–water partition coefficient (Wildman–Crippen LogP) is 3.45. The van der Waals surface area contributed by atoms with Crippen LogP contribution in [0.1, 0.15) is 70.1 Å². The maximum absolute atomic E-state index is 6.18. The average molecular weight is 277 g/mol. The number of hydrogen-bond donors (Lipinski definition) is 1. The summed E-state index contributed by atoms with van der Waals surface area (Å²) in [7, 11) is 0. The van der Waals surface area contributed by atoms with Crippen LogP contribution in [0.5, 0.6) is 0 Å². The van der Waals surface area contributed by atoms with Crippen molar-refractivity contribution in [3.8, 4) is 0 Å². The highest BCUT2D eigenvalue weighted by Crippen LogP contribution is 2.35. The lowest BCUT2D eigenvalue weighted by atomic mass is 9.88. The van der Waals surface area contributed by atoms with E-state index in [0.717, 1.165) is 29.9 Å². The van der Waals surface area contributed by atoms with Gasteiger partial charge in [-0.25, -0.2) is 9.97 Å². The second-order valence-electron chi connectivity index (χ2n) is 6.65. The molecule has 0 aromatic carbocycles. The fourth-order valence-electron chi connectivity index (χ4n) is 2.82. The van der Waals surface area contributed by atoms with Crippen LogP contribution >= 0.6 is 0 Å². The Morgan fingerprint density at radius 1 is 1.15 bits per heavy atom. The maximum Gasteiger partial charge on any atom is 0.160 e. The molecule has 0 radical (unpaired) electrons. The molecule has 0 spiro atoms. The molecule has 0 fully saturated rings. The lowest BCUT2D eigenvalue weighted by molar-refractivity contribution is -0.0191. The van der Waals surface area contributed by atoms with Crippen LogP contribution in [0, 0.1) is 5.41 Å². The van der Waals surface area contributed by atoms with Gasteiger partial charge in [-0.1, -0.05) is 27.2 Å². The first kappa shape index (κ1) is 15.2. The van der Waals surface area contributed by atoms with E-state index in [1.54, 1.807) is 0 Å². The molecule has 1 unspecified atom stereocenters. The lowest BCUT2D eigenvalue weighted by Crippen LogP contribution is -2.25. The standard InChI is InChI=1S/C16H27N3O/c1-5-20-13(16(2,3)4)15-18-12-10-8-6-7-9-11(12)14(17)19-15/h13H,5-10H2,1-4H3,(H2,17,18,19). The number of aromatic nitrogens is 2. The summed E-state index contributed by atoms with van der Waals surface area (Å²) in [4.78, 5) is 9.36. The second kappa shape index (κ2) is 6.08. The fraction of sp³-hybridized carbons (Fsp3) is 0.750. The Kier molecular flexibility index (Phi) is 4.63. The number of ether oxygens (including phenoxy) is 1. The minimum atomic E-state index is -0.108. The van der Waals surface area contributed by atoms with E-state index < -0.39 is 0 Å². The Balaban J connectivity index is 2.41. The molecule has 2 rings (SSSR count). The number of nitrogens with zero attached hydrogens (tertiary/aromatic N) is 2.